The molecule has 0 aliphatic heterocycles. The molecule has 2 spiro atoms. The van der Waals surface area contributed by atoms with Gasteiger partial charge in [0.15, 0.2) is 34.9 Å². The lowest BCUT2D eigenvalue weighted by molar-refractivity contribution is 0.794. The van der Waals surface area contributed by atoms with Gasteiger partial charge in [-0.3, -0.25) is 0 Å². The van der Waals surface area contributed by atoms with E-state index < -0.39 is 0 Å². The summed E-state index contributed by atoms with van der Waals surface area (Å²) < 4.78 is 0. The Morgan fingerprint density at radius 3 is 0.561 bits per heavy atom. The van der Waals surface area contributed by atoms with Crippen molar-refractivity contribution in [1.82, 2.24) is 29.9 Å². The normalized spacial score (nSPS) is 13.1. The minimum Gasteiger partial charge on any atom is -0.208 e. The van der Waals surface area contributed by atoms with Crippen LogP contribution in [0.25, 0.3) is 178 Å². The lowest BCUT2D eigenvalue weighted by Crippen LogP contribution is -2.25. The molecule has 0 unspecified atom stereocenters. The molecule has 4 aliphatic carbocycles. The van der Waals surface area contributed by atoms with Gasteiger partial charge in [-0.15, -0.1) is 0 Å². The van der Waals surface area contributed by atoms with Crippen LogP contribution in [0.15, 0.2) is 400 Å². The van der Waals surface area contributed by atoms with Crippen LogP contribution in [0.3, 0.4) is 0 Å². The summed E-state index contributed by atoms with van der Waals surface area (Å²) in [6.45, 7) is 0. The molecule has 0 saturated carbocycles. The van der Waals surface area contributed by atoms with Crippen molar-refractivity contribution in [3.05, 3.63) is 445 Å². The second-order valence-electron chi connectivity index (χ2n) is 30.3. The molecular formula is C108H66N6. The third-order valence-electron chi connectivity index (χ3n) is 24.2. The van der Waals surface area contributed by atoms with Crippen molar-refractivity contribution in [1.29, 1.82) is 0 Å². The van der Waals surface area contributed by atoms with Crippen LogP contribution in [-0.4, -0.2) is 29.9 Å². The Morgan fingerprint density at radius 1 is 0.123 bits per heavy atom. The molecule has 2 heterocycles. The molecular weight excluding hydrogens is 1380 g/mol. The molecule has 0 N–H and O–H groups in total. The zero-order valence-electron chi connectivity index (χ0n) is 61.8. The van der Waals surface area contributed by atoms with Gasteiger partial charge in [0.05, 0.1) is 10.8 Å². The molecule has 0 saturated heterocycles. The number of benzene rings is 18. The Balaban J connectivity index is 0.000000135. The van der Waals surface area contributed by atoms with E-state index in [-0.39, 0.29) is 10.8 Å². The first-order chi connectivity index (χ1) is 56.4. The maximum atomic E-state index is 5.11. The van der Waals surface area contributed by atoms with Crippen molar-refractivity contribution in [2.45, 2.75) is 10.8 Å². The average molecular weight is 1450 g/mol. The summed E-state index contributed by atoms with van der Waals surface area (Å²) in [5.74, 6) is 3.89. The molecule has 2 aromatic heterocycles. The fourth-order valence-corrected chi connectivity index (χ4v) is 19.0. The highest BCUT2D eigenvalue weighted by molar-refractivity contribution is 5.99. The number of hydrogen-bond acceptors (Lipinski definition) is 6. The van der Waals surface area contributed by atoms with Crippen molar-refractivity contribution in [3.63, 3.8) is 0 Å². The van der Waals surface area contributed by atoms with Gasteiger partial charge in [-0.1, -0.05) is 364 Å². The van der Waals surface area contributed by atoms with Crippen LogP contribution in [0.5, 0.6) is 0 Å². The topological polar surface area (TPSA) is 77.3 Å². The average Bonchev–Trinajstić information content (AvgIpc) is 1.51. The molecule has 0 fully saturated rings. The van der Waals surface area contributed by atoms with E-state index in [0.29, 0.717) is 34.9 Å². The minimum atomic E-state index is -0.377. The number of fused-ring (bicyclic) bond motifs is 24. The van der Waals surface area contributed by atoms with E-state index in [9.17, 15) is 0 Å². The summed E-state index contributed by atoms with van der Waals surface area (Å²) in [7, 11) is 0. The second-order valence-corrected chi connectivity index (χ2v) is 30.3. The quantitative estimate of drug-likeness (QED) is 0.151. The summed E-state index contributed by atoms with van der Waals surface area (Å²) in [6, 6.07) is 145. The van der Waals surface area contributed by atoms with E-state index in [1.807, 2.05) is 0 Å². The van der Waals surface area contributed by atoms with Crippen LogP contribution in [0.4, 0.5) is 0 Å². The third kappa shape index (κ3) is 10.1. The number of nitrogens with zero attached hydrogens (tertiary/aromatic N) is 6. The zero-order valence-corrected chi connectivity index (χ0v) is 61.8. The first kappa shape index (κ1) is 65.0. The summed E-state index contributed by atoms with van der Waals surface area (Å²) in [6.07, 6.45) is 0. The highest BCUT2D eigenvalue weighted by Gasteiger charge is 2.53. The molecule has 0 bridgehead atoms. The highest BCUT2D eigenvalue weighted by Crippen LogP contribution is 2.65. The Morgan fingerprint density at radius 2 is 0.307 bits per heavy atom. The van der Waals surface area contributed by atoms with Gasteiger partial charge in [-0.25, -0.2) is 29.9 Å². The molecule has 0 atom stereocenters. The molecule has 0 radical (unpaired) electrons. The first-order valence-corrected chi connectivity index (χ1v) is 39.0. The molecule has 6 heteroatoms. The molecule has 24 rings (SSSR count). The van der Waals surface area contributed by atoms with Crippen LogP contribution >= 0.6 is 0 Å². The van der Waals surface area contributed by atoms with E-state index in [0.717, 1.165) is 66.1 Å². The molecule has 20 aromatic rings. The van der Waals surface area contributed by atoms with Crippen molar-refractivity contribution in [2.24, 2.45) is 0 Å². The zero-order chi connectivity index (χ0) is 75.0. The van der Waals surface area contributed by atoms with Gasteiger partial charge < -0.3 is 0 Å². The Hall–Kier alpha value is -15.0. The van der Waals surface area contributed by atoms with E-state index in [2.05, 4.69) is 400 Å². The van der Waals surface area contributed by atoms with Gasteiger partial charge in [-0.2, -0.15) is 0 Å². The highest BCUT2D eigenvalue weighted by atomic mass is 15.0. The standard InChI is InChI=1S/2C54H33N3/c2*1-3-13-38-31-41(27-23-34(38)11-1)52-55-51(56-53(57-52)42-28-24-35-12-2-4-14-39(35)32-42)37-25-21-36(22-26-37)40-29-30-46-45-17-7-10-20-49(45)54(50(46)33-40)47-18-8-5-15-43(47)44-16-6-9-19-48(44)54/h2*1-33H. The third-order valence-corrected chi connectivity index (χ3v) is 24.2. The van der Waals surface area contributed by atoms with Crippen molar-refractivity contribution >= 4 is 43.1 Å². The van der Waals surface area contributed by atoms with Crippen LogP contribution in [0, 0.1) is 0 Å². The molecule has 0 amide bonds. The maximum absolute atomic E-state index is 5.11. The van der Waals surface area contributed by atoms with E-state index in [4.69, 9.17) is 29.9 Å². The maximum Gasteiger partial charge on any atom is 0.164 e. The molecule has 114 heavy (non-hydrogen) atoms. The molecule has 18 aromatic carbocycles. The van der Waals surface area contributed by atoms with E-state index in [1.165, 1.54) is 122 Å². The molecule has 4 aliphatic rings. The Labute approximate surface area is 659 Å². The SMILES string of the molecule is c1ccc2c(c1)-c1ccccc1C21c2ccccc2-c2ccc(-c3ccc(-c4nc(-c5ccc6ccccc6c5)nc(-c5ccc6ccccc6c5)n4)cc3)cc21.c1ccc2c(c1)-c1ccccc1C21c2ccccc2-c2ccc(-c3ccc(-c4nc(-c5ccc6ccccc6c5)nc(-c5ccc6ccccc6c5)n4)cc3)cc21. The lowest BCUT2D eigenvalue weighted by Gasteiger charge is -2.30. The largest absolute Gasteiger partial charge is 0.208 e. The van der Waals surface area contributed by atoms with Crippen molar-refractivity contribution in [3.8, 4) is 135 Å². The van der Waals surface area contributed by atoms with E-state index >= 15 is 0 Å². The summed E-state index contributed by atoms with van der Waals surface area (Å²) in [5, 5.41) is 9.34. The summed E-state index contributed by atoms with van der Waals surface area (Å²) >= 11 is 0. The lowest BCUT2D eigenvalue weighted by atomic mass is 9.70. The van der Waals surface area contributed by atoms with Crippen LogP contribution < -0.4 is 0 Å². The van der Waals surface area contributed by atoms with Gasteiger partial charge in [0.1, 0.15) is 0 Å². The number of hydrogen-bond donors (Lipinski definition) is 0. The van der Waals surface area contributed by atoms with Crippen LogP contribution in [0.2, 0.25) is 0 Å². The van der Waals surface area contributed by atoms with E-state index in [1.54, 1.807) is 0 Å². The summed E-state index contributed by atoms with van der Waals surface area (Å²) in [4.78, 5) is 30.6. The van der Waals surface area contributed by atoms with Gasteiger partial charge in [-0.05, 0) is 191 Å². The Kier molecular flexibility index (Phi) is 14.7. The molecule has 6 nitrogen and oxygen atoms in total. The van der Waals surface area contributed by atoms with Gasteiger partial charge >= 0.3 is 0 Å². The Bertz CT molecular complexity index is 6620. The summed E-state index contributed by atoms with van der Waals surface area (Å²) in [5.41, 5.74) is 30.8. The minimum absolute atomic E-state index is 0.377. The van der Waals surface area contributed by atoms with Crippen LogP contribution in [-0.2, 0) is 10.8 Å². The van der Waals surface area contributed by atoms with Crippen molar-refractivity contribution in [2.75, 3.05) is 0 Å². The van der Waals surface area contributed by atoms with Gasteiger partial charge in [0.25, 0.3) is 0 Å². The second kappa shape index (κ2) is 25.8. The van der Waals surface area contributed by atoms with Gasteiger partial charge in [0, 0.05) is 33.4 Å². The number of rotatable bonds is 8. The smallest absolute Gasteiger partial charge is 0.164 e. The first-order valence-electron chi connectivity index (χ1n) is 39.0. The van der Waals surface area contributed by atoms with Crippen LogP contribution in [0.1, 0.15) is 44.5 Å². The molecule has 528 valence electrons. The number of aromatic nitrogens is 6. The fraction of sp³-hybridized carbons (Fsp3) is 0.0185. The fourth-order valence-electron chi connectivity index (χ4n) is 19.0. The van der Waals surface area contributed by atoms with Crippen molar-refractivity contribution < 1.29 is 0 Å². The monoisotopic (exact) mass is 1450 g/mol. The predicted octanol–water partition coefficient (Wildman–Crippen LogP) is 26.4. The predicted molar refractivity (Wildman–Crippen MR) is 466 cm³/mol. The van der Waals surface area contributed by atoms with Gasteiger partial charge in [0.2, 0.25) is 0 Å².